The predicted molar refractivity (Wildman–Crippen MR) is 30.2 cm³/mol. The van der Waals surface area contributed by atoms with E-state index >= 15 is 0 Å². The summed E-state index contributed by atoms with van der Waals surface area (Å²) in [5.41, 5.74) is 10.4. The molecule has 9 heavy (non-hydrogen) atoms. The Labute approximate surface area is 52.0 Å². The first kappa shape index (κ1) is 6.18. The second kappa shape index (κ2) is 2.12. The van der Waals surface area contributed by atoms with Gasteiger partial charge < -0.3 is 16.0 Å². The Morgan fingerprint density at radius 1 is 1.56 bits per heavy atom. The van der Waals surface area contributed by atoms with E-state index in [0.29, 0.717) is 5.82 Å². The molecule has 0 spiro atoms. The van der Waals surface area contributed by atoms with Crippen LogP contribution in [0.3, 0.4) is 0 Å². The number of hydrogen-bond acceptors (Lipinski definition) is 5. The highest BCUT2D eigenvalue weighted by molar-refractivity contribution is 4.86. The molecule has 1 aromatic heterocycles. The largest absolute Gasteiger partial charge is 0.336 e. The normalized spacial score (nSPS) is 10.7. The van der Waals surface area contributed by atoms with E-state index in [9.17, 15) is 0 Å². The van der Waals surface area contributed by atoms with Crippen LogP contribution in [0, 0.1) is 6.92 Å². The minimum absolute atomic E-state index is 0.271. The highest BCUT2D eigenvalue weighted by Gasteiger charge is 2.06. The van der Waals surface area contributed by atoms with E-state index < -0.39 is 6.17 Å². The summed E-state index contributed by atoms with van der Waals surface area (Å²) in [6.07, 6.45) is -0.661. The van der Waals surface area contributed by atoms with Gasteiger partial charge in [-0.3, -0.25) is 0 Å². The lowest BCUT2D eigenvalue weighted by atomic mass is 10.5. The predicted octanol–water partition coefficient (Wildman–Crippen LogP) is -0.706. The highest BCUT2D eigenvalue weighted by atomic mass is 16.5. The Hall–Kier alpha value is -0.940. The van der Waals surface area contributed by atoms with Crippen molar-refractivity contribution in [3.8, 4) is 0 Å². The number of rotatable bonds is 1. The zero-order valence-electron chi connectivity index (χ0n) is 5.03. The molecule has 4 N–H and O–H groups in total. The van der Waals surface area contributed by atoms with Crippen LogP contribution in [0.2, 0.25) is 0 Å². The molecule has 5 nitrogen and oxygen atoms in total. The Kier molecular flexibility index (Phi) is 1.46. The van der Waals surface area contributed by atoms with Crippen LogP contribution in [-0.2, 0) is 0 Å². The fraction of sp³-hybridized carbons (Fsp3) is 0.500. The lowest BCUT2D eigenvalue weighted by Gasteiger charge is -1.92. The van der Waals surface area contributed by atoms with Crippen LogP contribution in [-0.4, -0.2) is 10.1 Å². The summed E-state index contributed by atoms with van der Waals surface area (Å²) in [6, 6.07) is 0. The Morgan fingerprint density at radius 2 is 2.22 bits per heavy atom. The number of nitrogens with zero attached hydrogens (tertiary/aromatic N) is 2. The molecule has 5 heteroatoms. The van der Waals surface area contributed by atoms with Gasteiger partial charge in [0.05, 0.1) is 0 Å². The van der Waals surface area contributed by atoms with Crippen LogP contribution in [0.4, 0.5) is 0 Å². The second-order valence-electron chi connectivity index (χ2n) is 1.71. The lowest BCUT2D eigenvalue weighted by molar-refractivity contribution is 0.354. The van der Waals surface area contributed by atoms with Crippen molar-refractivity contribution in [3.05, 3.63) is 11.7 Å². The summed E-state index contributed by atoms with van der Waals surface area (Å²) in [4.78, 5) is 3.78. The standard InChI is InChI=1S/C4H8N4O/c1-2-7-4(3(5)6)9-8-2/h3H,5-6H2,1H3. The van der Waals surface area contributed by atoms with Gasteiger partial charge in [-0.1, -0.05) is 5.16 Å². The molecule has 1 aromatic rings. The Balaban J connectivity index is 2.85. The SMILES string of the molecule is Cc1noc(C(N)N)n1. The Bertz CT molecular complexity index is 194. The third-order valence-electron chi connectivity index (χ3n) is 0.828. The first-order chi connectivity index (χ1) is 4.20. The van der Waals surface area contributed by atoms with Crippen LogP contribution in [0.15, 0.2) is 4.52 Å². The third kappa shape index (κ3) is 1.24. The van der Waals surface area contributed by atoms with E-state index in [1.807, 2.05) is 0 Å². The van der Waals surface area contributed by atoms with Gasteiger partial charge in [-0.25, -0.2) is 0 Å². The first-order valence-electron chi connectivity index (χ1n) is 2.51. The maximum atomic E-state index is 5.21. The van der Waals surface area contributed by atoms with Crippen molar-refractivity contribution in [3.63, 3.8) is 0 Å². The quantitative estimate of drug-likeness (QED) is 0.488. The van der Waals surface area contributed by atoms with E-state index in [0.717, 1.165) is 0 Å². The van der Waals surface area contributed by atoms with E-state index in [1.165, 1.54) is 0 Å². The average Bonchev–Trinajstić information content (AvgIpc) is 2.14. The van der Waals surface area contributed by atoms with Crippen molar-refractivity contribution in [1.29, 1.82) is 0 Å². The van der Waals surface area contributed by atoms with E-state index in [-0.39, 0.29) is 5.89 Å². The van der Waals surface area contributed by atoms with Gasteiger partial charge >= 0.3 is 0 Å². The van der Waals surface area contributed by atoms with E-state index in [1.54, 1.807) is 6.92 Å². The highest BCUT2D eigenvalue weighted by Crippen LogP contribution is 1.99. The van der Waals surface area contributed by atoms with Crippen molar-refractivity contribution in [1.82, 2.24) is 10.1 Å². The Morgan fingerprint density at radius 3 is 2.44 bits per heavy atom. The molecule has 1 heterocycles. The molecule has 0 aromatic carbocycles. The number of aromatic nitrogens is 2. The fourth-order valence-electron chi connectivity index (χ4n) is 0.449. The van der Waals surface area contributed by atoms with Gasteiger partial charge in [-0.2, -0.15) is 4.98 Å². The maximum Gasteiger partial charge on any atom is 0.258 e. The van der Waals surface area contributed by atoms with Crippen molar-refractivity contribution in [2.75, 3.05) is 0 Å². The molecule has 0 fully saturated rings. The molecule has 0 atom stereocenters. The smallest absolute Gasteiger partial charge is 0.258 e. The fourth-order valence-corrected chi connectivity index (χ4v) is 0.449. The molecular formula is C4H8N4O. The van der Waals surface area contributed by atoms with Crippen molar-refractivity contribution >= 4 is 0 Å². The van der Waals surface area contributed by atoms with E-state index in [4.69, 9.17) is 11.5 Å². The van der Waals surface area contributed by atoms with Gasteiger partial charge in [-0.05, 0) is 6.92 Å². The van der Waals surface area contributed by atoms with Crippen molar-refractivity contribution < 1.29 is 4.52 Å². The molecule has 0 aliphatic rings. The zero-order chi connectivity index (χ0) is 6.85. The molecule has 1 rings (SSSR count). The molecule has 0 aliphatic heterocycles. The van der Waals surface area contributed by atoms with Gasteiger partial charge in [0.1, 0.15) is 6.17 Å². The summed E-state index contributed by atoms with van der Waals surface area (Å²) in [6.45, 7) is 1.70. The summed E-state index contributed by atoms with van der Waals surface area (Å²) in [5, 5.41) is 3.49. The molecule has 0 radical (unpaired) electrons. The van der Waals surface area contributed by atoms with Gasteiger partial charge in [-0.15, -0.1) is 0 Å². The summed E-state index contributed by atoms with van der Waals surface area (Å²) in [5.74, 6) is 0.818. The minimum atomic E-state index is -0.661. The van der Waals surface area contributed by atoms with Gasteiger partial charge in [0.15, 0.2) is 5.82 Å². The third-order valence-corrected chi connectivity index (χ3v) is 0.828. The lowest BCUT2D eigenvalue weighted by Crippen LogP contribution is -2.20. The van der Waals surface area contributed by atoms with Crippen LogP contribution in [0.25, 0.3) is 0 Å². The molecule has 0 amide bonds. The maximum absolute atomic E-state index is 5.21. The molecule has 50 valence electrons. The molecule has 0 aliphatic carbocycles. The van der Waals surface area contributed by atoms with Gasteiger partial charge in [0.25, 0.3) is 5.89 Å². The first-order valence-corrected chi connectivity index (χ1v) is 2.51. The number of nitrogens with two attached hydrogens (primary N) is 2. The second-order valence-corrected chi connectivity index (χ2v) is 1.71. The van der Waals surface area contributed by atoms with Gasteiger partial charge in [0.2, 0.25) is 0 Å². The summed E-state index contributed by atoms with van der Waals surface area (Å²) >= 11 is 0. The van der Waals surface area contributed by atoms with Crippen molar-refractivity contribution in [2.24, 2.45) is 11.5 Å². The van der Waals surface area contributed by atoms with Crippen LogP contribution in [0.1, 0.15) is 17.9 Å². The molecular weight excluding hydrogens is 120 g/mol. The number of aryl methyl sites for hydroxylation is 1. The number of hydrogen-bond donors (Lipinski definition) is 2. The zero-order valence-corrected chi connectivity index (χ0v) is 5.03. The molecule has 0 saturated carbocycles. The topological polar surface area (TPSA) is 91.0 Å². The van der Waals surface area contributed by atoms with E-state index in [2.05, 4.69) is 14.7 Å². The summed E-state index contributed by atoms with van der Waals surface area (Å²) in [7, 11) is 0. The molecule has 0 bridgehead atoms. The monoisotopic (exact) mass is 128 g/mol. The average molecular weight is 128 g/mol. The summed E-state index contributed by atoms with van der Waals surface area (Å²) < 4.78 is 4.61. The van der Waals surface area contributed by atoms with Crippen LogP contribution < -0.4 is 11.5 Å². The van der Waals surface area contributed by atoms with Gasteiger partial charge in [0, 0.05) is 0 Å². The van der Waals surface area contributed by atoms with Crippen molar-refractivity contribution in [2.45, 2.75) is 13.1 Å². The molecule has 0 saturated heterocycles. The van der Waals surface area contributed by atoms with Crippen LogP contribution >= 0.6 is 0 Å². The van der Waals surface area contributed by atoms with Crippen LogP contribution in [0.5, 0.6) is 0 Å². The molecule has 0 unspecified atom stereocenters. The minimum Gasteiger partial charge on any atom is -0.336 e.